The lowest BCUT2D eigenvalue weighted by atomic mass is 9.83. The van der Waals surface area contributed by atoms with E-state index >= 15 is 0 Å². The number of ether oxygens (including phenoxy) is 4. The number of fused-ring (bicyclic) bond motifs is 1. The summed E-state index contributed by atoms with van der Waals surface area (Å²) in [7, 11) is 1.54. The molecule has 0 aromatic heterocycles. The van der Waals surface area contributed by atoms with Crippen LogP contribution in [0.15, 0.2) is 36.4 Å². The zero-order chi connectivity index (χ0) is 31.1. The molecule has 0 spiro atoms. The molecule has 1 saturated carbocycles. The van der Waals surface area contributed by atoms with Crippen LogP contribution in [-0.2, 0) is 26.6 Å². The van der Waals surface area contributed by atoms with Crippen molar-refractivity contribution in [1.82, 2.24) is 4.90 Å². The minimum atomic E-state index is -4.78. The Morgan fingerprint density at radius 3 is 2.33 bits per heavy atom. The highest BCUT2D eigenvalue weighted by atomic mass is 19.4. The Labute approximate surface area is 246 Å². The van der Waals surface area contributed by atoms with Crippen LogP contribution in [0.4, 0.5) is 26.3 Å². The van der Waals surface area contributed by atoms with Gasteiger partial charge in [0, 0.05) is 32.2 Å². The summed E-state index contributed by atoms with van der Waals surface area (Å²) in [5.74, 6) is 0.633. The third-order valence-corrected chi connectivity index (χ3v) is 8.75. The lowest BCUT2D eigenvalue weighted by molar-refractivity contribution is -0.150. The molecule has 1 aliphatic carbocycles. The SMILES string of the molecule is COCCOC(=O)[C@@H](C)[C@H](c1ccc2c(c1)O[C@H](C1CN([C@H](C)c3cc(C(F)(F)F)ccc3C(F)(F)F)C1)CO2)C1CC1. The lowest BCUT2D eigenvalue weighted by Crippen LogP contribution is -2.56. The number of alkyl halides is 6. The number of halogens is 6. The normalized spacial score (nSPS) is 21.6. The second-order valence-corrected chi connectivity index (χ2v) is 11.7. The predicted octanol–water partition coefficient (Wildman–Crippen LogP) is 6.88. The first-order chi connectivity index (χ1) is 20.3. The molecule has 1 saturated heterocycles. The number of methoxy groups -OCH3 is 1. The smallest absolute Gasteiger partial charge is 0.416 e. The number of carbonyl (C=O) groups is 1. The van der Waals surface area contributed by atoms with Crippen molar-refractivity contribution in [2.24, 2.45) is 17.8 Å². The van der Waals surface area contributed by atoms with E-state index in [-0.39, 0.29) is 43.0 Å². The minimum absolute atomic E-state index is 0.0559. The molecule has 0 bridgehead atoms. The van der Waals surface area contributed by atoms with Gasteiger partial charge in [0.15, 0.2) is 11.5 Å². The Bertz CT molecular complexity index is 1300. The molecule has 0 radical (unpaired) electrons. The van der Waals surface area contributed by atoms with Gasteiger partial charge in [-0.3, -0.25) is 9.69 Å². The molecule has 3 aliphatic rings. The topological polar surface area (TPSA) is 57.2 Å². The number of hydrogen-bond acceptors (Lipinski definition) is 6. The molecule has 0 N–H and O–H groups in total. The maximum atomic E-state index is 13.7. The molecule has 0 unspecified atom stereocenters. The Balaban J connectivity index is 1.26. The number of hydrogen-bond donors (Lipinski definition) is 0. The van der Waals surface area contributed by atoms with Crippen molar-refractivity contribution in [3.8, 4) is 11.5 Å². The molecular weight excluding hydrogens is 580 g/mol. The van der Waals surface area contributed by atoms with Gasteiger partial charge >= 0.3 is 18.3 Å². The first-order valence-corrected chi connectivity index (χ1v) is 14.4. The van der Waals surface area contributed by atoms with Crippen molar-refractivity contribution in [3.05, 3.63) is 58.7 Å². The van der Waals surface area contributed by atoms with Crippen LogP contribution < -0.4 is 9.47 Å². The number of benzene rings is 2. The molecule has 4 atom stereocenters. The van der Waals surface area contributed by atoms with Crippen molar-refractivity contribution in [2.75, 3.05) is 40.0 Å². The fraction of sp³-hybridized carbons (Fsp3) is 0.581. The van der Waals surface area contributed by atoms with Gasteiger partial charge in [-0.1, -0.05) is 13.0 Å². The molecular formula is C31H35F6NO5. The molecule has 2 aromatic carbocycles. The Morgan fingerprint density at radius 2 is 1.70 bits per heavy atom. The first kappa shape index (κ1) is 31.4. The second kappa shape index (κ2) is 12.2. The van der Waals surface area contributed by atoms with Gasteiger partial charge in [0.2, 0.25) is 0 Å². The van der Waals surface area contributed by atoms with Gasteiger partial charge < -0.3 is 18.9 Å². The summed E-state index contributed by atoms with van der Waals surface area (Å²) in [5, 5.41) is 0. The highest BCUT2D eigenvalue weighted by molar-refractivity contribution is 5.73. The average molecular weight is 616 g/mol. The average Bonchev–Trinajstić information content (AvgIpc) is 3.76. The molecule has 2 aromatic rings. The van der Waals surface area contributed by atoms with Gasteiger partial charge in [0.1, 0.15) is 19.3 Å². The Hall–Kier alpha value is -2.99. The number of nitrogens with zero attached hydrogens (tertiary/aromatic N) is 1. The molecule has 12 heteroatoms. The Morgan fingerprint density at radius 1 is 0.977 bits per heavy atom. The number of rotatable bonds is 10. The van der Waals surface area contributed by atoms with Crippen molar-refractivity contribution in [2.45, 2.75) is 57.1 Å². The molecule has 0 amide bonds. The van der Waals surface area contributed by atoms with Crippen LogP contribution in [0.1, 0.15) is 60.9 Å². The highest BCUT2D eigenvalue weighted by Crippen LogP contribution is 2.49. The van der Waals surface area contributed by atoms with Crippen LogP contribution in [0.2, 0.25) is 0 Å². The van der Waals surface area contributed by atoms with Crippen LogP contribution in [0.25, 0.3) is 0 Å². The zero-order valence-corrected chi connectivity index (χ0v) is 24.1. The van der Waals surface area contributed by atoms with Gasteiger partial charge in [0.25, 0.3) is 0 Å². The summed E-state index contributed by atoms with van der Waals surface area (Å²) in [4.78, 5) is 14.4. The third kappa shape index (κ3) is 6.90. The van der Waals surface area contributed by atoms with Crippen LogP contribution >= 0.6 is 0 Å². The Kier molecular flexibility index (Phi) is 8.91. The van der Waals surface area contributed by atoms with Gasteiger partial charge in [-0.2, -0.15) is 26.3 Å². The number of esters is 1. The summed E-state index contributed by atoms with van der Waals surface area (Å²) in [6.07, 6.45) is -7.90. The van der Waals surface area contributed by atoms with E-state index in [2.05, 4.69) is 0 Å². The maximum Gasteiger partial charge on any atom is 0.416 e. The minimum Gasteiger partial charge on any atom is -0.486 e. The van der Waals surface area contributed by atoms with Crippen LogP contribution in [0.3, 0.4) is 0 Å². The first-order valence-electron chi connectivity index (χ1n) is 14.4. The lowest BCUT2D eigenvalue weighted by Gasteiger charge is -2.47. The molecule has 2 heterocycles. The van der Waals surface area contributed by atoms with Gasteiger partial charge in [-0.25, -0.2) is 0 Å². The van der Waals surface area contributed by atoms with Crippen molar-refractivity contribution >= 4 is 5.97 Å². The van der Waals surface area contributed by atoms with E-state index in [1.54, 1.807) is 4.90 Å². The van der Waals surface area contributed by atoms with E-state index in [1.165, 1.54) is 14.0 Å². The van der Waals surface area contributed by atoms with E-state index in [0.29, 0.717) is 55.3 Å². The molecule has 43 heavy (non-hydrogen) atoms. The van der Waals surface area contributed by atoms with Crippen LogP contribution in [0.5, 0.6) is 11.5 Å². The number of carbonyl (C=O) groups excluding carboxylic acids is 1. The largest absolute Gasteiger partial charge is 0.486 e. The molecule has 2 fully saturated rings. The van der Waals surface area contributed by atoms with Crippen LogP contribution in [-0.4, -0.2) is 57.0 Å². The summed E-state index contributed by atoms with van der Waals surface area (Å²) in [6, 6.07) is 6.33. The number of likely N-dealkylation sites (tertiary alicyclic amines) is 1. The second-order valence-electron chi connectivity index (χ2n) is 11.7. The van der Waals surface area contributed by atoms with E-state index in [0.717, 1.165) is 18.4 Å². The van der Waals surface area contributed by atoms with E-state index < -0.39 is 35.1 Å². The summed E-state index contributed by atoms with van der Waals surface area (Å²) in [5.41, 5.74) is -1.65. The van der Waals surface area contributed by atoms with Gasteiger partial charge in [0.05, 0.1) is 23.7 Å². The van der Waals surface area contributed by atoms with E-state index in [1.807, 2.05) is 25.1 Å². The molecule has 6 nitrogen and oxygen atoms in total. The summed E-state index contributed by atoms with van der Waals surface area (Å²) in [6.45, 7) is 4.77. The molecule has 5 rings (SSSR count). The van der Waals surface area contributed by atoms with Crippen molar-refractivity contribution < 1.29 is 50.1 Å². The summed E-state index contributed by atoms with van der Waals surface area (Å²) >= 11 is 0. The van der Waals surface area contributed by atoms with E-state index in [9.17, 15) is 31.1 Å². The van der Waals surface area contributed by atoms with Crippen LogP contribution in [0, 0.1) is 17.8 Å². The fourth-order valence-electron chi connectivity index (χ4n) is 6.11. The fourth-order valence-corrected chi connectivity index (χ4v) is 6.11. The van der Waals surface area contributed by atoms with Crippen molar-refractivity contribution in [3.63, 3.8) is 0 Å². The zero-order valence-electron chi connectivity index (χ0n) is 24.1. The molecule has 2 aliphatic heterocycles. The quantitative estimate of drug-likeness (QED) is 0.165. The maximum absolute atomic E-state index is 13.7. The molecule has 236 valence electrons. The monoisotopic (exact) mass is 615 g/mol. The van der Waals surface area contributed by atoms with E-state index in [4.69, 9.17) is 18.9 Å². The van der Waals surface area contributed by atoms with Gasteiger partial charge in [-0.05, 0) is 73.1 Å². The standard InChI is InChI=1S/C31H35F6NO5/c1-17(29(39)41-11-10-40-3)28(19-4-5-19)20-6-9-25-26(12-20)43-27(16-42-25)21-14-38(15-21)18(2)23-13-22(30(32,33)34)7-8-24(23)31(35,36)37/h6-9,12-13,17-19,21,27-28H,4-5,10-11,14-16H2,1-3H3/t17-,18+,27-,28-/m0/s1. The van der Waals surface area contributed by atoms with Crippen molar-refractivity contribution in [1.29, 1.82) is 0 Å². The summed E-state index contributed by atoms with van der Waals surface area (Å²) < 4.78 is 104. The third-order valence-electron chi connectivity index (χ3n) is 8.75. The highest BCUT2D eigenvalue weighted by Gasteiger charge is 2.44. The van der Waals surface area contributed by atoms with Gasteiger partial charge in [-0.15, -0.1) is 0 Å². The predicted molar refractivity (Wildman–Crippen MR) is 144 cm³/mol.